The molecule has 3 aromatic rings. The summed E-state index contributed by atoms with van der Waals surface area (Å²) in [5.74, 6) is -0.131. The van der Waals surface area contributed by atoms with Gasteiger partial charge in [-0.2, -0.15) is 0 Å². The van der Waals surface area contributed by atoms with Gasteiger partial charge in [-0.3, -0.25) is 4.79 Å². The first-order valence-corrected chi connectivity index (χ1v) is 8.57. The minimum atomic E-state index is -0.655. The molecular weight excluding hydrogens is 332 g/mol. The van der Waals surface area contributed by atoms with Crippen molar-refractivity contribution in [2.45, 2.75) is 26.9 Å². The van der Waals surface area contributed by atoms with E-state index in [0.717, 1.165) is 11.1 Å². The lowest BCUT2D eigenvalue weighted by molar-refractivity contribution is 0.0490. The van der Waals surface area contributed by atoms with Gasteiger partial charge in [-0.1, -0.05) is 37.3 Å². The zero-order chi connectivity index (χ0) is 18.5. The molecule has 0 bridgehead atoms. The molecule has 0 radical (unpaired) electrons. The second kappa shape index (κ2) is 7.87. The maximum Gasteiger partial charge on any atom is 0.374 e. The first-order chi connectivity index (χ1) is 12.6. The number of ether oxygens (including phenoxy) is 2. The van der Waals surface area contributed by atoms with Gasteiger partial charge in [-0.05, 0) is 30.5 Å². The molecule has 0 atom stereocenters. The van der Waals surface area contributed by atoms with Crippen molar-refractivity contribution in [1.82, 2.24) is 0 Å². The van der Waals surface area contributed by atoms with Crippen molar-refractivity contribution >= 4 is 16.9 Å². The Morgan fingerprint density at radius 1 is 1.08 bits per heavy atom. The Hall–Kier alpha value is -3.08. The van der Waals surface area contributed by atoms with Crippen LogP contribution in [0.4, 0.5) is 0 Å². The van der Waals surface area contributed by atoms with Gasteiger partial charge in [0.15, 0.2) is 5.43 Å². The fourth-order valence-corrected chi connectivity index (χ4v) is 2.68. The monoisotopic (exact) mass is 352 g/mol. The van der Waals surface area contributed by atoms with Crippen LogP contribution in [0.3, 0.4) is 0 Å². The number of hydrogen-bond acceptors (Lipinski definition) is 5. The number of carbonyl (C=O) groups excluding carboxylic acids is 1. The fraction of sp³-hybridized carbons (Fsp3) is 0.238. The number of aryl methyl sites for hydroxylation is 1. The maximum atomic E-state index is 12.4. The van der Waals surface area contributed by atoms with Gasteiger partial charge in [0.25, 0.3) is 0 Å². The average Bonchev–Trinajstić information content (AvgIpc) is 2.66. The summed E-state index contributed by atoms with van der Waals surface area (Å²) in [7, 11) is 0. The van der Waals surface area contributed by atoms with Gasteiger partial charge in [0.1, 0.15) is 17.9 Å². The van der Waals surface area contributed by atoms with Crippen molar-refractivity contribution in [3.05, 3.63) is 75.6 Å². The van der Waals surface area contributed by atoms with Crippen LogP contribution in [-0.2, 0) is 17.8 Å². The Labute approximate surface area is 151 Å². The molecule has 0 N–H and O–H groups in total. The minimum Gasteiger partial charge on any atom is -0.488 e. The van der Waals surface area contributed by atoms with Crippen LogP contribution in [-0.4, -0.2) is 12.6 Å². The first kappa shape index (κ1) is 17.7. The molecule has 0 saturated carbocycles. The number of fused-ring (bicyclic) bond motifs is 1. The van der Waals surface area contributed by atoms with Crippen LogP contribution in [0.25, 0.3) is 11.0 Å². The topological polar surface area (TPSA) is 65.7 Å². The van der Waals surface area contributed by atoms with Crippen LogP contribution >= 0.6 is 0 Å². The largest absolute Gasteiger partial charge is 0.488 e. The fourth-order valence-electron chi connectivity index (χ4n) is 2.68. The number of hydrogen-bond donors (Lipinski definition) is 0. The van der Waals surface area contributed by atoms with E-state index < -0.39 is 5.97 Å². The van der Waals surface area contributed by atoms with E-state index in [0.29, 0.717) is 29.7 Å². The van der Waals surface area contributed by atoms with Gasteiger partial charge in [0.05, 0.1) is 12.0 Å². The molecule has 0 saturated heterocycles. The van der Waals surface area contributed by atoms with Crippen LogP contribution in [0.5, 0.6) is 5.75 Å². The summed E-state index contributed by atoms with van der Waals surface area (Å²) in [5.41, 5.74) is 1.97. The molecule has 134 valence electrons. The third kappa shape index (κ3) is 3.77. The maximum absolute atomic E-state index is 12.4. The highest BCUT2D eigenvalue weighted by molar-refractivity contribution is 5.89. The van der Waals surface area contributed by atoms with Gasteiger partial charge in [-0.25, -0.2) is 4.79 Å². The highest BCUT2D eigenvalue weighted by Crippen LogP contribution is 2.26. The molecule has 0 amide bonds. The van der Waals surface area contributed by atoms with Crippen LogP contribution < -0.4 is 10.2 Å². The number of rotatable bonds is 6. The smallest absolute Gasteiger partial charge is 0.374 e. The van der Waals surface area contributed by atoms with E-state index in [1.807, 2.05) is 37.3 Å². The lowest BCUT2D eigenvalue weighted by Crippen LogP contribution is -2.10. The van der Waals surface area contributed by atoms with Crippen LogP contribution in [0, 0.1) is 0 Å². The predicted octanol–water partition coefficient (Wildman–Crippen LogP) is 4.11. The Kier molecular flexibility index (Phi) is 5.37. The third-order valence-electron chi connectivity index (χ3n) is 4.00. The molecule has 0 fully saturated rings. The molecule has 1 heterocycles. The molecule has 0 aliphatic carbocycles. The average molecular weight is 352 g/mol. The van der Waals surface area contributed by atoms with Crippen molar-refractivity contribution in [2.24, 2.45) is 0 Å². The molecule has 2 aromatic carbocycles. The highest BCUT2D eigenvalue weighted by Gasteiger charge is 2.15. The van der Waals surface area contributed by atoms with E-state index >= 15 is 0 Å². The Morgan fingerprint density at radius 3 is 2.54 bits per heavy atom. The summed E-state index contributed by atoms with van der Waals surface area (Å²) >= 11 is 0. The minimum absolute atomic E-state index is 0.109. The van der Waals surface area contributed by atoms with E-state index in [1.165, 1.54) is 6.07 Å². The van der Waals surface area contributed by atoms with E-state index in [-0.39, 0.29) is 17.8 Å². The summed E-state index contributed by atoms with van der Waals surface area (Å²) < 4.78 is 16.4. The molecule has 0 unspecified atom stereocenters. The first-order valence-electron chi connectivity index (χ1n) is 8.57. The van der Waals surface area contributed by atoms with Crippen molar-refractivity contribution in [2.75, 3.05) is 6.61 Å². The second-order valence-electron chi connectivity index (χ2n) is 5.78. The number of benzene rings is 2. The Bertz CT molecular complexity index is 973. The van der Waals surface area contributed by atoms with Gasteiger partial charge in [0.2, 0.25) is 5.76 Å². The molecular formula is C21H20O5. The summed E-state index contributed by atoms with van der Waals surface area (Å²) in [6.07, 6.45) is 0.707. The highest BCUT2D eigenvalue weighted by atomic mass is 16.5. The molecule has 0 spiro atoms. The standard InChI is InChI=1S/C21H20O5/c1-3-15-10-16-17(22)11-20(21(23)24-4-2)26-19(16)12-18(15)25-13-14-8-6-5-7-9-14/h5-12H,3-4,13H2,1-2H3. The number of esters is 1. The van der Waals surface area contributed by atoms with Crippen molar-refractivity contribution in [1.29, 1.82) is 0 Å². The van der Waals surface area contributed by atoms with Crippen molar-refractivity contribution < 1.29 is 18.7 Å². The van der Waals surface area contributed by atoms with E-state index in [4.69, 9.17) is 13.9 Å². The predicted molar refractivity (Wildman–Crippen MR) is 98.6 cm³/mol. The van der Waals surface area contributed by atoms with E-state index in [2.05, 4.69) is 0 Å². The summed E-state index contributed by atoms with van der Waals surface area (Å²) in [6.45, 7) is 4.30. The Balaban J connectivity index is 1.99. The molecule has 0 aliphatic heterocycles. The van der Waals surface area contributed by atoms with Gasteiger partial charge in [0, 0.05) is 12.1 Å². The molecule has 3 rings (SSSR count). The van der Waals surface area contributed by atoms with Gasteiger partial charge in [-0.15, -0.1) is 0 Å². The van der Waals surface area contributed by atoms with Gasteiger partial charge < -0.3 is 13.9 Å². The van der Waals surface area contributed by atoms with Crippen LogP contribution in [0.15, 0.2) is 57.7 Å². The van der Waals surface area contributed by atoms with Crippen LogP contribution in [0.2, 0.25) is 0 Å². The molecule has 26 heavy (non-hydrogen) atoms. The van der Waals surface area contributed by atoms with E-state index in [9.17, 15) is 9.59 Å². The summed E-state index contributed by atoms with van der Waals surface area (Å²) in [4.78, 5) is 24.2. The summed E-state index contributed by atoms with van der Waals surface area (Å²) in [5, 5.41) is 0.418. The quantitative estimate of drug-likeness (QED) is 0.625. The zero-order valence-corrected chi connectivity index (χ0v) is 14.8. The molecule has 5 nitrogen and oxygen atoms in total. The van der Waals surface area contributed by atoms with Gasteiger partial charge >= 0.3 is 5.97 Å². The second-order valence-corrected chi connectivity index (χ2v) is 5.78. The van der Waals surface area contributed by atoms with Crippen molar-refractivity contribution in [3.8, 4) is 5.75 Å². The molecule has 0 aliphatic rings. The Morgan fingerprint density at radius 2 is 1.85 bits per heavy atom. The van der Waals surface area contributed by atoms with Crippen molar-refractivity contribution in [3.63, 3.8) is 0 Å². The normalized spacial score (nSPS) is 10.7. The number of carbonyl (C=O) groups is 1. The van der Waals surface area contributed by atoms with Crippen LogP contribution in [0.1, 0.15) is 35.5 Å². The lowest BCUT2D eigenvalue weighted by Gasteiger charge is -2.12. The lowest BCUT2D eigenvalue weighted by atomic mass is 10.1. The molecule has 5 heteroatoms. The van der Waals surface area contributed by atoms with E-state index in [1.54, 1.807) is 19.1 Å². The molecule has 1 aromatic heterocycles. The SMILES string of the molecule is CCOC(=O)c1cc(=O)c2cc(CC)c(OCc3ccccc3)cc2o1. The summed E-state index contributed by atoms with van der Waals surface area (Å²) in [6, 6.07) is 14.4. The zero-order valence-electron chi connectivity index (χ0n) is 14.8. The third-order valence-corrected chi connectivity index (χ3v) is 4.00.